The molecule has 2 N–H and O–H groups in total. The third kappa shape index (κ3) is 5.71. The van der Waals surface area contributed by atoms with Gasteiger partial charge in [0.2, 0.25) is 5.91 Å². The fourth-order valence-corrected chi connectivity index (χ4v) is 3.43. The summed E-state index contributed by atoms with van der Waals surface area (Å²) in [5.74, 6) is -0.716. The van der Waals surface area contributed by atoms with Crippen LogP contribution in [0.15, 0.2) is 67.0 Å². The standard InChI is InChI=1S/C25H22F3N3O4/c1-34-19-6-7-21(20(14-19)25(26,27)28)35-18-4-2-16(3-5-18)15-30-23(33)24(10-11-24)31-22(32)17-8-12-29-13-9-17/h2-9,12-14H,10-11,15H2,1H3,(H,30,33)(H,31,32). The van der Waals surface area contributed by atoms with Gasteiger partial charge in [-0.15, -0.1) is 0 Å². The van der Waals surface area contributed by atoms with E-state index in [-0.39, 0.29) is 35.6 Å². The topological polar surface area (TPSA) is 89.5 Å². The molecular formula is C25H22F3N3O4. The van der Waals surface area contributed by atoms with Crippen LogP contribution in [0.25, 0.3) is 0 Å². The third-order valence-corrected chi connectivity index (χ3v) is 5.58. The van der Waals surface area contributed by atoms with Crippen molar-refractivity contribution in [2.45, 2.75) is 31.1 Å². The fourth-order valence-electron chi connectivity index (χ4n) is 3.43. The first-order valence-electron chi connectivity index (χ1n) is 10.7. The van der Waals surface area contributed by atoms with E-state index in [1.807, 2.05) is 0 Å². The number of benzene rings is 2. The smallest absolute Gasteiger partial charge is 0.420 e. The Morgan fingerprint density at radius 1 is 1.00 bits per heavy atom. The normalized spacial score (nSPS) is 14.1. The van der Waals surface area contributed by atoms with E-state index in [2.05, 4.69) is 15.6 Å². The van der Waals surface area contributed by atoms with Crippen LogP contribution in [-0.2, 0) is 17.5 Å². The van der Waals surface area contributed by atoms with Crippen molar-refractivity contribution in [2.24, 2.45) is 0 Å². The minimum Gasteiger partial charge on any atom is -0.497 e. The summed E-state index contributed by atoms with van der Waals surface area (Å²) in [6.45, 7) is 0.183. The molecule has 0 unspecified atom stereocenters. The number of alkyl halides is 3. The molecule has 0 aliphatic heterocycles. The van der Waals surface area contributed by atoms with Crippen LogP contribution < -0.4 is 20.1 Å². The van der Waals surface area contributed by atoms with E-state index in [1.165, 1.54) is 43.8 Å². The lowest BCUT2D eigenvalue weighted by Crippen LogP contribution is -2.48. The number of methoxy groups -OCH3 is 1. The van der Waals surface area contributed by atoms with Gasteiger partial charge in [-0.25, -0.2) is 0 Å². The SMILES string of the molecule is COc1ccc(Oc2ccc(CNC(=O)C3(NC(=O)c4ccncc4)CC3)cc2)c(C(F)(F)F)c1. The summed E-state index contributed by atoms with van der Waals surface area (Å²) in [7, 11) is 1.29. The highest BCUT2D eigenvalue weighted by molar-refractivity contribution is 6.00. The molecule has 182 valence electrons. The first-order chi connectivity index (χ1) is 16.7. The Morgan fingerprint density at radius 2 is 1.66 bits per heavy atom. The van der Waals surface area contributed by atoms with Gasteiger partial charge in [-0.05, 0) is 60.9 Å². The number of hydrogen-bond donors (Lipinski definition) is 2. The van der Waals surface area contributed by atoms with E-state index >= 15 is 0 Å². The maximum absolute atomic E-state index is 13.4. The maximum Gasteiger partial charge on any atom is 0.420 e. The van der Waals surface area contributed by atoms with E-state index in [0.29, 0.717) is 24.0 Å². The Bertz CT molecular complexity index is 1210. The Balaban J connectivity index is 1.36. The van der Waals surface area contributed by atoms with Gasteiger partial charge in [0.05, 0.1) is 7.11 Å². The molecule has 0 radical (unpaired) electrons. The fraction of sp³-hybridized carbons (Fsp3) is 0.240. The van der Waals surface area contributed by atoms with Crippen molar-refractivity contribution in [2.75, 3.05) is 7.11 Å². The molecule has 1 saturated carbocycles. The predicted molar refractivity (Wildman–Crippen MR) is 120 cm³/mol. The molecule has 1 heterocycles. The molecule has 2 aromatic carbocycles. The van der Waals surface area contributed by atoms with Crippen molar-refractivity contribution in [3.05, 3.63) is 83.7 Å². The highest BCUT2D eigenvalue weighted by Crippen LogP contribution is 2.40. The van der Waals surface area contributed by atoms with Gasteiger partial charge in [0.15, 0.2) is 0 Å². The molecule has 2 amide bonds. The highest BCUT2D eigenvalue weighted by atomic mass is 19.4. The second-order valence-corrected chi connectivity index (χ2v) is 8.06. The maximum atomic E-state index is 13.4. The van der Waals surface area contributed by atoms with Crippen LogP contribution in [0.3, 0.4) is 0 Å². The number of nitrogens with one attached hydrogen (secondary N) is 2. The molecular weight excluding hydrogens is 463 g/mol. The van der Waals surface area contributed by atoms with E-state index in [0.717, 1.165) is 6.07 Å². The lowest BCUT2D eigenvalue weighted by molar-refractivity contribution is -0.138. The Hall–Kier alpha value is -4.08. The molecule has 0 atom stereocenters. The number of rotatable bonds is 8. The number of ether oxygens (including phenoxy) is 2. The zero-order chi connectivity index (χ0) is 25.1. The minimum absolute atomic E-state index is 0.0705. The summed E-state index contributed by atoms with van der Waals surface area (Å²) in [6.07, 6.45) is -0.543. The Morgan fingerprint density at radius 3 is 2.26 bits per heavy atom. The van der Waals surface area contributed by atoms with Gasteiger partial charge < -0.3 is 20.1 Å². The summed E-state index contributed by atoms with van der Waals surface area (Å²) in [5.41, 5.74) is -0.754. The molecule has 10 heteroatoms. The molecule has 1 aliphatic rings. The zero-order valence-electron chi connectivity index (χ0n) is 18.7. The number of carbonyl (C=O) groups excluding carboxylic acids is 2. The van der Waals surface area contributed by atoms with Crippen LogP contribution in [0, 0.1) is 0 Å². The first-order valence-corrected chi connectivity index (χ1v) is 10.7. The number of halogens is 3. The number of aromatic nitrogens is 1. The number of amides is 2. The van der Waals surface area contributed by atoms with Gasteiger partial charge in [-0.3, -0.25) is 14.6 Å². The molecule has 7 nitrogen and oxygen atoms in total. The number of hydrogen-bond acceptors (Lipinski definition) is 5. The van der Waals surface area contributed by atoms with Gasteiger partial charge >= 0.3 is 6.18 Å². The molecule has 0 spiro atoms. The number of nitrogens with zero attached hydrogens (tertiary/aromatic N) is 1. The van der Waals surface area contributed by atoms with E-state index in [9.17, 15) is 22.8 Å². The van der Waals surface area contributed by atoms with E-state index in [4.69, 9.17) is 9.47 Å². The lowest BCUT2D eigenvalue weighted by atomic mass is 10.1. The van der Waals surface area contributed by atoms with Crippen molar-refractivity contribution in [1.29, 1.82) is 0 Å². The summed E-state index contributed by atoms with van der Waals surface area (Å²) in [6, 6.07) is 12.9. The van der Waals surface area contributed by atoms with Crippen LogP contribution in [-0.4, -0.2) is 29.4 Å². The summed E-state index contributed by atoms with van der Waals surface area (Å²) in [5, 5.41) is 5.58. The lowest BCUT2D eigenvalue weighted by Gasteiger charge is -2.17. The van der Waals surface area contributed by atoms with Crippen molar-refractivity contribution < 1.29 is 32.2 Å². The summed E-state index contributed by atoms with van der Waals surface area (Å²) < 4.78 is 50.5. The van der Waals surface area contributed by atoms with Crippen LogP contribution >= 0.6 is 0 Å². The molecule has 35 heavy (non-hydrogen) atoms. The van der Waals surface area contributed by atoms with Crippen molar-refractivity contribution in [3.8, 4) is 17.2 Å². The van der Waals surface area contributed by atoms with Crippen molar-refractivity contribution in [1.82, 2.24) is 15.6 Å². The molecule has 4 rings (SSSR count). The zero-order valence-corrected chi connectivity index (χ0v) is 18.7. The molecule has 0 bridgehead atoms. The Kier molecular flexibility index (Phi) is 6.63. The second kappa shape index (κ2) is 9.65. The summed E-state index contributed by atoms with van der Waals surface area (Å²) in [4.78, 5) is 28.9. The van der Waals surface area contributed by atoms with E-state index in [1.54, 1.807) is 24.3 Å². The van der Waals surface area contributed by atoms with Crippen LogP contribution in [0.4, 0.5) is 13.2 Å². The van der Waals surface area contributed by atoms with Gasteiger partial charge in [0, 0.05) is 24.5 Å². The number of pyridine rings is 1. The molecule has 3 aromatic rings. The molecule has 1 fully saturated rings. The monoisotopic (exact) mass is 485 g/mol. The molecule has 0 saturated heterocycles. The minimum atomic E-state index is -4.61. The third-order valence-electron chi connectivity index (χ3n) is 5.58. The van der Waals surface area contributed by atoms with Crippen LogP contribution in [0.5, 0.6) is 17.2 Å². The average molecular weight is 485 g/mol. The van der Waals surface area contributed by atoms with Gasteiger partial charge in [-0.2, -0.15) is 13.2 Å². The van der Waals surface area contributed by atoms with Gasteiger partial charge in [0.25, 0.3) is 5.91 Å². The van der Waals surface area contributed by atoms with Gasteiger partial charge in [-0.1, -0.05) is 12.1 Å². The molecule has 1 aliphatic carbocycles. The first kappa shape index (κ1) is 24.1. The van der Waals surface area contributed by atoms with E-state index < -0.39 is 17.3 Å². The van der Waals surface area contributed by atoms with Gasteiger partial charge in [0.1, 0.15) is 28.4 Å². The highest BCUT2D eigenvalue weighted by Gasteiger charge is 2.51. The van der Waals surface area contributed by atoms with Crippen molar-refractivity contribution in [3.63, 3.8) is 0 Å². The Labute approximate surface area is 199 Å². The molecule has 1 aromatic heterocycles. The summed E-state index contributed by atoms with van der Waals surface area (Å²) >= 11 is 0. The average Bonchev–Trinajstić information content (AvgIpc) is 3.64. The van der Waals surface area contributed by atoms with Crippen LogP contribution in [0.2, 0.25) is 0 Å². The quantitative estimate of drug-likeness (QED) is 0.491. The second-order valence-electron chi connectivity index (χ2n) is 8.06. The van der Waals surface area contributed by atoms with Crippen molar-refractivity contribution >= 4 is 11.8 Å². The largest absolute Gasteiger partial charge is 0.497 e. The predicted octanol–water partition coefficient (Wildman–Crippen LogP) is 4.48. The number of carbonyl (C=O) groups is 2. The van der Waals surface area contributed by atoms with Crippen LogP contribution in [0.1, 0.15) is 34.3 Å².